The molecule has 1 N–H and O–H groups in total. The van der Waals surface area contributed by atoms with E-state index in [1.807, 2.05) is 0 Å². The minimum atomic E-state index is -0.943. The third-order valence-electron chi connectivity index (χ3n) is 1.94. The van der Waals surface area contributed by atoms with E-state index in [4.69, 9.17) is 9.84 Å². The molecule has 0 aromatic heterocycles. The minimum absolute atomic E-state index is 0.248. The molecule has 1 rings (SSSR count). The maximum Gasteiger partial charge on any atom is 0.336 e. The first-order chi connectivity index (χ1) is 7.15. The van der Waals surface area contributed by atoms with Crippen molar-refractivity contribution in [1.29, 1.82) is 0 Å². The van der Waals surface area contributed by atoms with Crippen LogP contribution in [0.2, 0.25) is 0 Å². The van der Waals surface area contributed by atoms with Crippen LogP contribution in [0.1, 0.15) is 30.1 Å². The maximum absolute atomic E-state index is 10.7. The van der Waals surface area contributed by atoms with Crippen LogP contribution in [-0.4, -0.2) is 17.7 Å². The Kier molecular flexibility index (Phi) is 4.62. The van der Waals surface area contributed by atoms with Gasteiger partial charge < -0.3 is 9.84 Å². The highest BCUT2D eigenvalue weighted by Gasteiger charge is 2.08. The number of ether oxygens (including phenoxy) is 1. The Labute approximate surface area is 97.2 Å². The van der Waals surface area contributed by atoms with E-state index in [9.17, 15) is 4.79 Å². The third kappa shape index (κ3) is 3.55. The molecule has 0 heterocycles. The molecule has 0 atom stereocenters. The van der Waals surface area contributed by atoms with Gasteiger partial charge in [0.05, 0.1) is 12.2 Å². The van der Waals surface area contributed by atoms with Gasteiger partial charge in [-0.1, -0.05) is 13.3 Å². The van der Waals surface area contributed by atoms with Crippen LogP contribution in [0.25, 0.3) is 0 Å². The molecule has 0 fully saturated rings. The van der Waals surface area contributed by atoms with Crippen LogP contribution in [-0.2, 0) is 0 Å². The second kappa shape index (κ2) is 5.75. The van der Waals surface area contributed by atoms with Gasteiger partial charge in [-0.15, -0.1) is 0 Å². The molecule has 15 heavy (non-hydrogen) atoms. The average molecular weight is 273 g/mol. The summed E-state index contributed by atoms with van der Waals surface area (Å²) < 4.78 is 5.98. The number of rotatable bonds is 5. The number of aromatic carboxylic acids is 1. The first-order valence-electron chi connectivity index (χ1n) is 4.80. The zero-order valence-electron chi connectivity index (χ0n) is 8.50. The van der Waals surface area contributed by atoms with Crippen molar-refractivity contribution in [3.05, 3.63) is 28.2 Å². The highest BCUT2D eigenvalue weighted by molar-refractivity contribution is 9.10. The molecule has 0 unspecified atom stereocenters. The first kappa shape index (κ1) is 12.0. The molecule has 0 bridgehead atoms. The summed E-state index contributed by atoms with van der Waals surface area (Å²) >= 11 is 3.20. The molecule has 0 amide bonds. The van der Waals surface area contributed by atoms with Crippen LogP contribution in [0.15, 0.2) is 22.7 Å². The average Bonchev–Trinajstić information content (AvgIpc) is 2.17. The molecule has 0 saturated carbocycles. The van der Waals surface area contributed by atoms with Gasteiger partial charge in [0.25, 0.3) is 0 Å². The smallest absolute Gasteiger partial charge is 0.336 e. The molecule has 0 aliphatic rings. The highest BCUT2D eigenvalue weighted by Crippen LogP contribution is 2.23. The Morgan fingerprint density at radius 3 is 2.80 bits per heavy atom. The molecular weight excluding hydrogens is 260 g/mol. The van der Waals surface area contributed by atoms with Gasteiger partial charge in [0, 0.05) is 4.47 Å². The number of benzene rings is 1. The molecule has 0 radical (unpaired) electrons. The standard InChI is InChI=1S/C11H13BrO3/c1-2-3-6-15-8-4-5-9(11(13)14)10(12)7-8/h4-5,7H,2-3,6H2,1H3,(H,13,14). The predicted molar refractivity (Wildman–Crippen MR) is 61.5 cm³/mol. The molecule has 0 aliphatic heterocycles. The van der Waals surface area contributed by atoms with Crippen molar-refractivity contribution in [2.45, 2.75) is 19.8 Å². The summed E-state index contributed by atoms with van der Waals surface area (Å²) in [5.41, 5.74) is 0.248. The van der Waals surface area contributed by atoms with Crippen molar-refractivity contribution in [2.75, 3.05) is 6.61 Å². The molecule has 3 nitrogen and oxygen atoms in total. The fraction of sp³-hybridized carbons (Fsp3) is 0.364. The Hall–Kier alpha value is -1.03. The molecule has 1 aromatic carbocycles. The fourth-order valence-corrected chi connectivity index (χ4v) is 1.62. The molecule has 0 aliphatic carbocycles. The quantitative estimate of drug-likeness (QED) is 0.837. The SMILES string of the molecule is CCCCOc1ccc(C(=O)O)c(Br)c1. The summed E-state index contributed by atoms with van der Waals surface area (Å²) in [4.78, 5) is 10.7. The predicted octanol–water partition coefficient (Wildman–Crippen LogP) is 3.33. The van der Waals surface area contributed by atoms with Crippen LogP contribution in [0.3, 0.4) is 0 Å². The highest BCUT2D eigenvalue weighted by atomic mass is 79.9. The summed E-state index contributed by atoms with van der Waals surface area (Å²) in [6, 6.07) is 4.89. The van der Waals surface area contributed by atoms with E-state index in [1.54, 1.807) is 12.1 Å². The molecule has 1 aromatic rings. The van der Waals surface area contributed by atoms with Crippen LogP contribution in [0.4, 0.5) is 0 Å². The van der Waals surface area contributed by atoms with Crippen molar-refractivity contribution in [3.8, 4) is 5.75 Å². The van der Waals surface area contributed by atoms with Gasteiger partial charge in [-0.05, 0) is 40.5 Å². The lowest BCUT2D eigenvalue weighted by Gasteiger charge is -2.06. The molecular formula is C11H13BrO3. The number of carboxylic acids is 1. The number of carboxylic acid groups (broad SMARTS) is 1. The Morgan fingerprint density at radius 1 is 1.53 bits per heavy atom. The van der Waals surface area contributed by atoms with E-state index >= 15 is 0 Å². The van der Waals surface area contributed by atoms with E-state index in [0.717, 1.165) is 12.8 Å². The lowest BCUT2D eigenvalue weighted by atomic mass is 10.2. The van der Waals surface area contributed by atoms with Crippen LogP contribution >= 0.6 is 15.9 Å². The minimum Gasteiger partial charge on any atom is -0.494 e. The lowest BCUT2D eigenvalue weighted by molar-refractivity contribution is 0.0696. The topological polar surface area (TPSA) is 46.5 Å². The lowest BCUT2D eigenvalue weighted by Crippen LogP contribution is -2.00. The summed E-state index contributed by atoms with van der Waals surface area (Å²) in [6.45, 7) is 2.75. The third-order valence-corrected chi connectivity index (χ3v) is 2.59. The van der Waals surface area contributed by atoms with Crippen molar-refractivity contribution >= 4 is 21.9 Å². The van der Waals surface area contributed by atoms with Crippen molar-refractivity contribution in [1.82, 2.24) is 0 Å². The largest absolute Gasteiger partial charge is 0.494 e. The van der Waals surface area contributed by atoms with Crippen LogP contribution in [0, 0.1) is 0 Å². The van der Waals surface area contributed by atoms with Gasteiger partial charge in [-0.25, -0.2) is 4.79 Å². The number of hydrogen-bond acceptors (Lipinski definition) is 2. The maximum atomic E-state index is 10.7. The van der Waals surface area contributed by atoms with Gasteiger partial charge in [-0.3, -0.25) is 0 Å². The molecule has 0 spiro atoms. The van der Waals surface area contributed by atoms with Gasteiger partial charge in [0.2, 0.25) is 0 Å². The number of carbonyl (C=O) groups is 1. The zero-order chi connectivity index (χ0) is 11.3. The van der Waals surface area contributed by atoms with Gasteiger partial charge in [-0.2, -0.15) is 0 Å². The van der Waals surface area contributed by atoms with Gasteiger partial charge in [0.15, 0.2) is 0 Å². The molecule has 82 valence electrons. The molecule has 0 saturated heterocycles. The van der Waals surface area contributed by atoms with Crippen molar-refractivity contribution in [3.63, 3.8) is 0 Å². The normalized spacial score (nSPS) is 10.0. The van der Waals surface area contributed by atoms with Crippen LogP contribution < -0.4 is 4.74 Å². The van der Waals surface area contributed by atoms with Crippen molar-refractivity contribution < 1.29 is 14.6 Å². The zero-order valence-corrected chi connectivity index (χ0v) is 10.1. The van der Waals surface area contributed by atoms with Crippen molar-refractivity contribution in [2.24, 2.45) is 0 Å². The molecule has 4 heteroatoms. The number of unbranched alkanes of at least 4 members (excludes halogenated alkanes) is 1. The van der Waals surface area contributed by atoms with Gasteiger partial charge >= 0.3 is 5.97 Å². The Bertz CT molecular complexity index is 350. The summed E-state index contributed by atoms with van der Waals surface area (Å²) in [5, 5.41) is 8.80. The van der Waals surface area contributed by atoms with E-state index in [1.165, 1.54) is 6.07 Å². The second-order valence-electron chi connectivity index (χ2n) is 3.15. The fourth-order valence-electron chi connectivity index (χ4n) is 1.09. The first-order valence-corrected chi connectivity index (χ1v) is 5.60. The summed E-state index contributed by atoms with van der Waals surface area (Å²) in [7, 11) is 0. The van der Waals surface area contributed by atoms with Gasteiger partial charge in [0.1, 0.15) is 5.75 Å². The monoisotopic (exact) mass is 272 g/mol. The second-order valence-corrected chi connectivity index (χ2v) is 4.00. The summed E-state index contributed by atoms with van der Waals surface area (Å²) in [5.74, 6) is -0.248. The number of hydrogen-bond donors (Lipinski definition) is 1. The number of halogens is 1. The Morgan fingerprint density at radius 2 is 2.27 bits per heavy atom. The Balaban J connectivity index is 2.69. The van der Waals surface area contributed by atoms with Crippen LogP contribution in [0.5, 0.6) is 5.75 Å². The van der Waals surface area contributed by atoms with E-state index < -0.39 is 5.97 Å². The van der Waals surface area contributed by atoms with E-state index in [-0.39, 0.29) is 5.56 Å². The summed E-state index contributed by atoms with van der Waals surface area (Å²) in [6.07, 6.45) is 2.08. The van der Waals surface area contributed by atoms with E-state index in [0.29, 0.717) is 16.8 Å². The van der Waals surface area contributed by atoms with E-state index in [2.05, 4.69) is 22.9 Å².